The first-order valence-corrected chi connectivity index (χ1v) is 9.89. The van der Waals surface area contributed by atoms with Crippen molar-refractivity contribution >= 4 is 22.6 Å². The molecule has 1 aliphatic heterocycles. The highest BCUT2D eigenvalue weighted by Gasteiger charge is 2.24. The highest BCUT2D eigenvalue weighted by molar-refractivity contribution is 5.97. The zero-order chi connectivity index (χ0) is 20.5. The van der Waals surface area contributed by atoms with Crippen molar-refractivity contribution in [3.8, 4) is 0 Å². The normalized spacial score (nSPS) is 15.5. The predicted molar refractivity (Wildman–Crippen MR) is 114 cm³/mol. The number of hydrogen-bond donors (Lipinski definition) is 2. The molecule has 0 radical (unpaired) electrons. The van der Waals surface area contributed by atoms with E-state index in [0.717, 1.165) is 13.0 Å². The van der Waals surface area contributed by atoms with E-state index in [-0.39, 0.29) is 5.91 Å². The van der Waals surface area contributed by atoms with Crippen molar-refractivity contribution < 1.29 is 4.79 Å². The summed E-state index contributed by atoms with van der Waals surface area (Å²) in [4.78, 5) is 41.3. The van der Waals surface area contributed by atoms with Gasteiger partial charge in [0, 0.05) is 36.9 Å². The summed E-state index contributed by atoms with van der Waals surface area (Å²) in [5.41, 5.74) is 2.84. The van der Waals surface area contributed by atoms with Gasteiger partial charge in [-0.25, -0.2) is 0 Å². The third-order valence-corrected chi connectivity index (χ3v) is 5.54. The van der Waals surface area contributed by atoms with E-state index in [9.17, 15) is 14.4 Å². The molecule has 1 unspecified atom stereocenters. The first-order chi connectivity index (χ1) is 14.0. The Bertz CT molecular complexity index is 1190. The second-order valence-corrected chi connectivity index (χ2v) is 7.37. The summed E-state index contributed by atoms with van der Waals surface area (Å²) in [6.45, 7) is 5.62. The molecule has 1 amide bonds. The van der Waals surface area contributed by atoms with E-state index in [4.69, 9.17) is 0 Å². The predicted octanol–water partition coefficient (Wildman–Crippen LogP) is 1.89. The maximum absolute atomic E-state index is 12.6. The minimum atomic E-state index is -0.682. The average molecular weight is 392 g/mol. The molecule has 3 aromatic rings. The summed E-state index contributed by atoms with van der Waals surface area (Å²) < 4.78 is 1.40. The van der Waals surface area contributed by atoms with Crippen molar-refractivity contribution in [1.82, 2.24) is 14.9 Å². The molecule has 0 fully saturated rings. The van der Waals surface area contributed by atoms with Crippen LogP contribution in [0.2, 0.25) is 0 Å². The van der Waals surface area contributed by atoms with E-state index in [1.165, 1.54) is 15.8 Å². The summed E-state index contributed by atoms with van der Waals surface area (Å²) in [7, 11) is 0. The van der Waals surface area contributed by atoms with Gasteiger partial charge in [0.15, 0.2) is 0 Å². The summed E-state index contributed by atoms with van der Waals surface area (Å²) in [6.07, 6.45) is 1.02. The van der Waals surface area contributed by atoms with Crippen LogP contribution in [0.15, 0.2) is 52.1 Å². The van der Waals surface area contributed by atoms with E-state index in [1.54, 1.807) is 25.1 Å². The number of anilines is 1. The number of aryl methyl sites for hydroxylation is 1. The number of nitrogens with zero attached hydrogens (tertiary/aromatic N) is 2. The summed E-state index contributed by atoms with van der Waals surface area (Å²) in [5.74, 6) is -0.206. The quantitative estimate of drug-likeness (QED) is 0.649. The Morgan fingerprint density at radius 2 is 2.00 bits per heavy atom. The fourth-order valence-electron chi connectivity index (χ4n) is 4.10. The fraction of sp³-hybridized carbons (Fsp3) is 0.318. The van der Waals surface area contributed by atoms with Crippen LogP contribution in [0.3, 0.4) is 0 Å². The number of aromatic amines is 1. The second-order valence-electron chi connectivity index (χ2n) is 7.37. The Morgan fingerprint density at radius 3 is 2.79 bits per heavy atom. The maximum atomic E-state index is 12.6. The average Bonchev–Trinajstić information content (AvgIpc) is 3.04. The number of amides is 1. The Balaban J connectivity index is 1.48. The largest absolute Gasteiger partial charge is 0.367 e. The van der Waals surface area contributed by atoms with E-state index < -0.39 is 11.1 Å². The van der Waals surface area contributed by atoms with Gasteiger partial charge < -0.3 is 19.8 Å². The molecule has 0 saturated carbocycles. The van der Waals surface area contributed by atoms with Crippen LogP contribution in [0.5, 0.6) is 0 Å². The van der Waals surface area contributed by atoms with Crippen molar-refractivity contribution in [3.05, 3.63) is 74.3 Å². The molecular formula is C22H24N4O3. The van der Waals surface area contributed by atoms with Gasteiger partial charge in [-0.1, -0.05) is 18.2 Å². The van der Waals surface area contributed by atoms with Crippen molar-refractivity contribution in [2.45, 2.75) is 32.9 Å². The van der Waals surface area contributed by atoms with Gasteiger partial charge in [0.2, 0.25) is 0 Å². The number of carbonyl (C=O) groups is 1. The summed E-state index contributed by atoms with van der Waals surface area (Å²) >= 11 is 0. The third kappa shape index (κ3) is 3.44. The minimum absolute atomic E-state index is 0.206. The van der Waals surface area contributed by atoms with Gasteiger partial charge in [-0.05, 0) is 50.1 Å². The smallest absolute Gasteiger partial charge is 0.316 e. The van der Waals surface area contributed by atoms with Gasteiger partial charge in [0.1, 0.15) is 0 Å². The zero-order valence-corrected chi connectivity index (χ0v) is 16.6. The molecule has 0 aliphatic carbocycles. The van der Waals surface area contributed by atoms with Crippen LogP contribution in [-0.2, 0) is 13.0 Å². The highest BCUT2D eigenvalue weighted by Crippen LogP contribution is 2.31. The number of carbonyl (C=O) groups excluding carboxylic acids is 1. The molecule has 0 spiro atoms. The van der Waals surface area contributed by atoms with Crippen molar-refractivity contribution in [3.63, 3.8) is 0 Å². The number of aromatic nitrogens is 2. The molecule has 1 aromatic heterocycles. The molecule has 7 nitrogen and oxygen atoms in total. The molecule has 7 heteroatoms. The lowest BCUT2D eigenvalue weighted by atomic mass is 10.1. The fourth-order valence-corrected chi connectivity index (χ4v) is 4.10. The SMILES string of the molecule is CCn1c(=O)c(=O)[nH]c2cc(C(=O)NCCN3c4ccccc4CC3C)ccc21. The lowest BCUT2D eigenvalue weighted by Gasteiger charge is -2.25. The number of fused-ring (bicyclic) bond motifs is 2. The minimum Gasteiger partial charge on any atom is -0.367 e. The topological polar surface area (TPSA) is 87.2 Å². The van der Waals surface area contributed by atoms with Crippen LogP contribution in [0.25, 0.3) is 11.0 Å². The molecular weight excluding hydrogens is 368 g/mol. The molecule has 4 rings (SSSR count). The third-order valence-electron chi connectivity index (χ3n) is 5.54. The van der Waals surface area contributed by atoms with E-state index in [0.29, 0.717) is 35.7 Å². The van der Waals surface area contributed by atoms with Crippen LogP contribution in [-0.4, -0.2) is 34.6 Å². The molecule has 0 saturated heterocycles. The monoisotopic (exact) mass is 392 g/mol. The first kappa shape index (κ1) is 19.0. The number of para-hydroxylation sites is 1. The second kappa shape index (κ2) is 7.58. The number of H-pyrrole nitrogens is 1. The van der Waals surface area contributed by atoms with E-state index >= 15 is 0 Å². The van der Waals surface area contributed by atoms with Crippen molar-refractivity contribution in [2.75, 3.05) is 18.0 Å². The number of hydrogen-bond acceptors (Lipinski definition) is 4. The Kier molecular flexibility index (Phi) is 4.96. The van der Waals surface area contributed by atoms with Crippen LogP contribution in [0, 0.1) is 0 Å². The lowest BCUT2D eigenvalue weighted by molar-refractivity contribution is 0.0954. The number of benzene rings is 2. The molecule has 150 valence electrons. The van der Waals surface area contributed by atoms with Gasteiger partial charge in [-0.2, -0.15) is 0 Å². The first-order valence-electron chi connectivity index (χ1n) is 9.89. The molecule has 0 bridgehead atoms. The van der Waals surface area contributed by atoms with Gasteiger partial charge >= 0.3 is 11.1 Å². The highest BCUT2D eigenvalue weighted by atomic mass is 16.2. The Morgan fingerprint density at radius 1 is 1.21 bits per heavy atom. The van der Waals surface area contributed by atoms with Crippen LogP contribution >= 0.6 is 0 Å². The van der Waals surface area contributed by atoms with E-state index in [2.05, 4.69) is 40.3 Å². The molecule has 2 heterocycles. The number of nitrogens with one attached hydrogen (secondary N) is 2. The standard InChI is InChI=1S/C22H24N4O3/c1-3-25-19-9-8-16(13-17(19)24-21(28)22(25)29)20(27)23-10-11-26-14(2)12-15-6-4-5-7-18(15)26/h4-9,13-14H,3,10-12H2,1-2H3,(H,23,27)(H,24,28). The lowest BCUT2D eigenvalue weighted by Crippen LogP contribution is -2.38. The Hall–Kier alpha value is -3.35. The van der Waals surface area contributed by atoms with Crippen LogP contribution < -0.4 is 21.3 Å². The maximum Gasteiger partial charge on any atom is 0.316 e. The summed E-state index contributed by atoms with van der Waals surface area (Å²) in [6, 6.07) is 13.8. The van der Waals surface area contributed by atoms with Gasteiger partial charge in [0.05, 0.1) is 11.0 Å². The van der Waals surface area contributed by atoms with Crippen molar-refractivity contribution in [2.24, 2.45) is 0 Å². The van der Waals surface area contributed by atoms with Crippen molar-refractivity contribution in [1.29, 1.82) is 0 Å². The van der Waals surface area contributed by atoms with Crippen LogP contribution in [0.1, 0.15) is 29.8 Å². The Labute approximate surface area is 168 Å². The number of rotatable bonds is 5. The van der Waals surface area contributed by atoms with Gasteiger partial charge in [-0.3, -0.25) is 14.4 Å². The van der Waals surface area contributed by atoms with Gasteiger partial charge in [0.25, 0.3) is 5.91 Å². The van der Waals surface area contributed by atoms with E-state index in [1.807, 2.05) is 6.07 Å². The molecule has 2 aromatic carbocycles. The van der Waals surface area contributed by atoms with Gasteiger partial charge in [-0.15, -0.1) is 0 Å². The molecule has 1 aliphatic rings. The zero-order valence-electron chi connectivity index (χ0n) is 16.6. The molecule has 29 heavy (non-hydrogen) atoms. The molecule has 1 atom stereocenters. The van der Waals surface area contributed by atoms with Crippen LogP contribution in [0.4, 0.5) is 5.69 Å². The molecule has 2 N–H and O–H groups in total. The summed E-state index contributed by atoms with van der Waals surface area (Å²) in [5, 5.41) is 2.96.